The first-order chi connectivity index (χ1) is 10.0. The van der Waals surface area contributed by atoms with Crippen LogP contribution < -0.4 is 15.4 Å². The minimum Gasteiger partial charge on any atom is -0.374 e. The average Bonchev–Trinajstić information content (AvgIpc) is 2.53. The number of benzene rings is 1. The molecule has 1 heterocycles. The molecule has 1 fully saturated rings. The number of rotatable bonds is 5. The van der Waals surface area contributed by atoms with Crippen LogP contribution in [0.4, 0.5) is 0 Å². The number of hydrogen-bond donors (Lipinski definition) is 3. The van der Waals surface area contributed by atoms with Crippen LogP contribution in [0.15, 0.2) is 29.2 Å². The van der Waals surface area contributed by atoms with Crippen molar-refractivity contribution in [1.29, 1.82) is 0 Å². The molecule has 1 aromatic rings. The van der Waals surface area contributed by atoms with Gasteiger partial charge in [0, 0.05) is 32.2 Å². The van der Waals surface area contributed by atoms with Crippen molar-refractivity contribution in [3.05, 3.63) is 29.8 Å². The quantitative estimate of drug-likeness (QED) is 0.669. The second kappa shape index (κ2) is 6.99. The molecule has 0 radical (unpaired) electrons. The summed E-state index contributed by atoms with van der Waals surface area (Å²) in [4.78, 5) is 11.5. The Morgan fingerprint density at radius 3 is 2.67 bits per heavy atom. The molecule has 1 unspecified atom stereocenters. The van der Waals surface area contributed by atoms with Gasteiger partial charge in [0.1, 0.15) is 0 Å². The van der Waals surface area contributed by atoms with Gasteiger partial charge in [-0.05, 0) is 24.3 Å². The molecule has 0 spiro atoms. The van der Waals surface area contributed by atoms with Gasteiger partial charge in [0.2, 0.25) is 10.0 Å². The fourth-order valence-corrected chi connectivity index (χ4v) is 3.03. The van der Waals surface area contributed by atoms with Crippen molar-refractivity contribution in [1.82, 2.24) is 15.4 Å². The second-order valence-electron chi connectivity index (χ2n) is 4.65. The Hall–Kier alpha value is -1.48. The van der Waals surface area contributed by atoms with Gasteiger partial charge in [-0.15, -0.1) is 0 Å². The standard InChI is InChI=1S/C13H19N3O4S/c1-14-13(17)10-2-4-12(5-3-10)21(18,19)16-9-11-8-15-6-7-20-11/h2-5,11,15-16H,6-9H2,1H3,(H,14,17). The normalized spacial score (nSPS) is 19.2. The minimum atomic E-state index is -3.60. The maximum Gasteiger partial charge on any atom is 0.251 e. The number of sulfonamides is 1. The van der Waals surface area contributed by atoms with E-state index in [1.807, 2.05) is 0 Å². The number of nitrogens with one attached hydrogen (secondary N) is 3. The number of hydrogen-bond acceptors (Lipinski definition) is 5. The number of carbonyl (C=O) groups is 1. The van der Waals surface area contributed by atoms with E-state index >= 15 is 0 Å². The summed E-state index contributed by atoms with van der Waals surface area (Å²) in [5.41, 5.74) is 0.413. The summed E-state index contributed by atoms with van der Waals surface area (Å²) >= 11 is 0. The minimum absolute atomic E-state index is 0.124. The van der Waals surface area contributed by atoms with E-state index in [0.717, 1.165) is 6.54 Å². The lowest BCUT2D eigenvalue weighted by Gasteiger charge is -2.23. The fraction of sp³-hybridized carbons (Fsp3) is 0.462. The molecule has 7 nitrogen and oxygen atoms in total. The van der Waals surface area contributed by atoms with Crippen molar-refractivity contribution < 1.29 is 17.9 Å². The van der Waals surface area contributed by atoms with Gasteiger partial charge in [0.15, 0.2) is 0 Å². The molecule has 21 heavy (non-hydrogen) atoms. The van der Waals surface area contributed by atoms with Crippen molar-refractivity contribution in [3.63, 3.8) is 0 Å². The highest BCUT2D eigenvalue weighted by Crippen LogP contribution is 2.11. The third kappa shape index (κ3) is 4.24. The van der Waals surface area contributed by atoms with E-state index < -0.39 is 10.0 Å². The van der Waals surface area contributed by atoms with Gasteiger partial charge in [0.25, 0.3) is 5.91 Å². The van der Waals surface area contributed by atoms with E-state index in [-0.39, 0.29) is 23.5 Å². The van der Waals surface area contributed by atoms with Crippen molar-refractivity contribution >= 4 is 15.9 Å². The van der Waals surface area contributed by atoms with Gasteiger partial charge < -0.3 is 15.4 Å². The predicted octanol–water partition coefficient (Wildman–Crippen LogP) is -0.687. The van der Waals surface area contributed by atoms with Crippen LogP contribution >= 0.6 is 0 Å². The molecule has 0 saturated carbocycles. The largest absolute Gasteiger partial charge is 0.374 e. The zero-order chi connectivity index (χ0) is 15.3. The zero-order valence-corrected chi connectivity index (χ0v) is 12.6. The van der Waals surface area contributed by atoms with Gasteiger partial charge >= 0.3 is 0 Å². The summed E-state index contributed by atoms with van der Waals surface area (Å²) in [6, 6.07) is 5.78. The number of morpholine rings is 1. The highest BCUT2D eigenvalue weighted by molar-refractivity contribution is 7.89. The third-order valence-electron chi connectivity index (χ3n) is 3.16. The second-order valence-corrected chi connectivity index (χ2v) is 6.42. The molecule has 1 amide bonds. The van der Waals surface area contributed by atoms with Gasteiger partial charge in [-0.2, -0.15) is 0 Å². The molecule has 1 atom stereocenters. The first-order valence-electron chi connectivity index (χ1n) is 6.67. The van der Waals surface area contributed by atoms with Crippen LogP contribution in [0.2, 0.25) is 0 Å². The topological polar surface area (TPSA) is 96.5 Å². The number of ether oxygens (including phenoxy) is 1. The average molecular weight is 313 g/mol. The van der Waals surface area contributed by atoms with E-state index in [2.05, 4.69) is 15.4 Å². The molecular formula is C13H19N3O4S. The fourth-order valence-electron chi connectivity index (χ4n) is 1.97. The summed E-state index contributed by atoms with van der Waals surface area (Å²) in [7, 11) is -2.08. The summed E-state index contributed by atoms with van der Waals surface area (Å²) < 4.78 is 32.2. The molecule has 1 aliphatic heterocycles. The Kier molecular flexibility index (Phi) is 5.29. The summed E-state index contributed by atoms with van der Waals surface area (Å²) in [5, 5.41) is 5.61. The van der Waals surface area contributed by atoms with Crippen molar-refractivity contribution in [2.24, 2.45) is 0 Å². The van der Waals surface area contributed by atoms with E-state index in [1.54, 1.807) is 0 Å². The Bertz CT molecular complexity index is 580. The summed E-state index contributed by atoms with van der Waals surface area (Å²) in [6.07, 6.45) is -0.168. The van der Waals surface area contributed by atoms with Crippen LogP contribution in [0.1, 0.15) is 10.4 Å². The lowest BCUT2D eigenvalue weighted by Crippen LogP contribution is -2.45. The van der Waals surface area contributed by atoms with Crippen LogP contribution in [-0.2, 0) is 14.8 Å². The monoisotopic (exact) mass is 313 g/mol. The van der Waals surface area contributed by atoms with Crippen LogP contribution in [0.5, 0.6) is 0 Å². The molecule has 1 aromatic carbocycles. The van der Waals surface area contributed by atoms with Crippen molar-refractivity contribution in [2.45, 2.75) is 11.0 Å². The Morgan fingerprint density at radius 2 is 2.10 bits per heavy atom. The number of amides is 1. The molecule has 0 aromatic heterocycles. The first kappa shape index (κ1) is 15.9. The molecule has 0 aliphatic carbocycles. The SMILES string of the molecule is CNC(=O)c1ccc(S(=O)(=O)NCC2CNCCO2)cc1. The maximum absolute atomic E-state index is 12.1. The maximum atomic E-state index is 12.1. The van der Waals surface area contributed by atoms with Gasteiger partial charge in [-0.1, -0.05) is 0 Å². The smallest absolute Gasteiger partial charge is 0.251 e. The highest BCUT2D eigenvalue weighted by atomic mass is 32.2. The van der Waals surface area contributed by atoms with E-state index in [4.69, 9.17) is 4.74 Å². The zero-order valence-electron chi connectivity index (χ0n) is 11.8. The molecule has 116 valence electrons. The third-order valence-corrected chi connectivity index (χ3v) is 4.60. The molecule has 8 heteroatoms. The van der Waals surface area contributed by atoms with Gasteiger partial charge in [-0.25, -0.2) is 13.1 Å². The first-order valence-corrected chi connectivity index (χ1v) is 8.15. The molecule has 1 aliphatic rings. The molecule has 3 N–H and O–H groups in total. The van der Waals surface area contributed by atoms with Crippen LogP contribution in [0.3, 0.4) is 0 Å². The van der Waals surface area contributed by atoms with Gasteiger partial charge in [0.05, 0.1) is 17.6 Å². The number of carbonyl (C=O) groups excluding carboxylic acids is 1. The lowest BCUT2D eigenvalue weighted by atomic mass is 10.2. The van der Waals surface area contributed by atoms with Crippen LogP contribution in [0.25, 0.3) is 0 Å². The van der Waals surface area contributed by atoms with E-state index in [1.165, 1.54) is 31.3 Å². The predicted molar refractivity (Wildman–Crippen MR) is 77.6 cm³/mol. The van der Waals surface area contributed by atoms with Crippen LogP contribution in [0, 0.1) is 0 Å². The van der Waals surface area contributed by atoms with Gasteiger partial charge in [-0.3, -0.25) is 4.79 Å². The summed E-state index contributed by atoms with van der Waals surface area (Å²) in [6.45, 7) is 2.20. The lowest BCUT2D eigenvalue weighted by molar-refractivity contribution is 0.0324. The van der Waals surface area contributed by atoms with Crippen molar-refractivity contribution in [3.8, 4) is 0 Å². The molecule has 1 saturated heterocycles. The Balaban J connectivity index is 1.99. The Labute approximate surface area is 124 Å². The summed E-state index contributed by atoms with van der Waals surface area (Å²) in [5.74, 6) is -0.256. The molecule has 0 bridgehead atoms. The molecular weight excluding hydrogens is 294 g/mol. The van der Waals surface area contributed by atoms with E-state index in [0.29, 0.717) is 18.7 Å². The molecule has 2 rings (SSSR count). The Morgan fingerprint density at radius 1 is 1.38 bits per heavy atom. The highest BCUT2D eigenvalue weighted by Gasteiger charge is 2.19. The van der Waals surface area contributed by atoms with E-state index in [9.17, 15) is 13.2 Å². The van der Waals surface area contributed by atoms with Crippen molar-refractivity contribution in [2.75, 3.05) is 33.3 Å². The van der Waals surface area contributed by atoms with Crippen LogP contribution in [-0.4, -0.2) is 53.7 Å².